The van der Waals surface area contributed by atoms with Crippen LogP contribution in [-0.4, -0.2) is 15.9 Å². The maximum atomic E-state index is 12.2. The van der Waals surface area contributed by atoms with Crippen LogP contribution in [0.25, 0.3) is 10.9 Å². The average molecular weight is 255 g/mol. The zero-order chi connectivity index (χ0) is 13.1. The van der Waals surface area contributed by atoms with E-state index in [-0.39, 0.29) is 11.8 Å². The highest BCUT2D eigenvalue weighted by Crippen LogP contribution is 2.26. The second-order valence-corrected chi connectivity index (χ2v) is 5.06. The molecule has 0 saturated heterocycles. The van der Waals surface area contributed by atoms with Gasteiger partial charge in [-0.25, -0.2) is 9.97 Å². The third-order valence-corrected chi connectivity index (χ3v) is 3.76. The Morgan fingerprint density at radius 1 is 1.11 bits per heavy atom. The van der Waals surface area contributed by atoms with E-state index in [1.165, 1.54) is 12.7 Å². The van der Waals surface area contributed by atoms with Crippen molar-refractivity contribution in [2.45, 2.75) is 32.1 Å². The fraction of sp³-hybridized carbons (Fsp3) is 0.400. The van der Waals surface area contributed by atoms with Crippen molar-refractivity contribution in [3.8, 4) is 0 Å². The summed E-state index contributed by atoms with van der Waals surface area (Å²) in [5.74, 6) is 0.868. The highest BCUT2D eigenvalue weighted by molar-refractivity contribution is 5.99. The Morgan fingerprint density at radius 3 is 2.74 bits per heavy atom. The van der Waals surface area contributed by atoms with Gasteiger partial charge in [0.1, 0.15) is 12.1 Å². The highest BCUT2D eigenvalue weighted by Gasteiger charge is 2.21. The standard InChI is InChI=1S/C15H17N3O/c19-15(11-6-2-1-3-7-11)18-14-12-8-4-5-9-13(12)16-10-17-14/h4-5,8-11H,1-3,6-7H2,(H,16,17,18,19). The van der Waals surface area contributed by atoms with Gasteiger partial charge in [-0.1, -0.05) is 31.4 Å². The molecule has 3 rings (SSSR count). The molecule has 1 fully saturated rings. The molecule has 19 heavy (non-hydrogen) atoms. The lowest BCUT2D eigenvalue weighted by molar-refractivity contribution is -0.120. The maximum Gasteiger partial charge on any atom is 0.228 e. The molecule has 0 aliphatic heterocycles. The number of anilines is 1. The van der Waals surface area contributed by atoms with Gasteiger partial charge in [0.15, 0.2) is 0 Å². The molecule has 0 bridgehead atoms. The number of aromatic nitrogens is 2. The topological polar surface area (TPSA) is 54.9 Å². The largest absolute Gasteiger partial charge is 0.310 e. The molecule has 4 nitrogen and oxygen atoms in total. The Hall–Kier alpha value is -1.97. The van der Waals surface area contributed by atoms with E-state index in [9.17, 15) is 4.79 Å². The van der Waals surface area contributed by atoms with Gasteiger partial charge in [0.2, 0.25) is 5.91 Å². The Morgan fingerprint density at radius 2 is 1.89 bits per heavy atom. The van der Waals surface area contributed by atoms with Crippen molar-refractivity contribution in [1.82, 2.24) is 9.97 Å². The van der Waals surface area contributed by atoms with Crippen molar-refractivity contribution in [3.05, 3.63) is 30.6 Å². The number of nitrogens with one attached hydrogen (secondary N) is 1. The number of carbonyl (C=O) groups excluding carboxylic acids is 1. The predicted octanol–water partition coefficient (Wildman–Crippen LogP) is 3.15. The molecule has 2 aromatic rings. The monoisotopic (exact) mass is 255 g/mol. The summed E-state index contributed by atoms with van der Waals surface area (Å²) in [5, 5.41) is 3.86. The molecule has 0 unspecified atom stereocenters. The van der Waals surface area contributed by atoms with Crippen LogP contribution in [0.1, 0.15) is 32.1 Å². The molecule has 1 amide bonds. The SMILES string of the molecule is O=C(Nc1ncnc2ccccc12)C1CCCCC1. The van der Waals surface area contributed by atoms with Gasteiger partial charge >= 0.3 is 0 Å². The van der Waals surface area contributed by atoms with Crippen molar-refractivity contribution < 1.29 is 4.79 Å². The van der Waals surface area contributed by atoms with Gasteiger partial charge in [0, 0.05) is 11.3 Å². The van der Waals surface area contributed by atoms with E-state index < -0.39 is 0 Å². The summed E-state index contributed by atoms with van der Waals surface area (Å²) in [6.07, 6.45) is 7.05. The molecule has 1 aromatic heterocycles. The molecule has 4 heteroatoms. The van der Waals surface area contributed by atoms with Crippen molar-refractivity contribution in [2.24, 2.45) is 5.92 Å². The third kappa shape index (κ3) is 2.57. The summed E-state index contributed by atoms with van der Waals surface area (Å²) in [6.45, 7) is 0. The van der Waals surface area contributed by atoms with Gasteiger partial charge in [-0.05, 0) is 25.0 Å². The summed E-state index contributed by atoms with van der Waals surface area (Å²) in [5.41, 5.74) is 0.858. The van der Waals surface area contributed by atoms with Crippen LogP contribution in [0.3, 0.4) is 0 Å². The average Bonchev–Trinajstić information content (AvgIpc) is 2.48. The first-order valence-electron chi connectivity index (χ1n) is 6.85. The number of hydrogen-bond acceptors (Lipinski definition) is 3. The highest BCUT2D eigenvalue weighted by atomic mass is 16.1. The molecule has 1 N–H and O–H groups in total. The number of carbonyl (C=O) groups is 1. The minimum absolute atomic E-state index is 0.101. The van der Waals surface area contributed by atoms with Gasteiger partial charge in [-0.3, -0.25) is 4.79 Å². The second-order valence-electron chi connectivity index (χ2n) is 5.06. The Kier molecular flexibility index (Phi) is 3.40. The van der Waals surface area contributed by atoms with Crippen LogP contribution in [0, 0.1) is 5.92 Å². The van der Waals surface area contributed by atoms with Crippen LogP contribution in [0.5, 0.6) is 0 Å². The zero-order valence-electron chi connectivity index (χ0n) is 10.8. The lowest BCUT2D eigenvalue weighted by atomic mass is 9.88. The second kappa shape index (κ2) is 5.34. The van der Waals surface area contributed by atoms with Gasteiger partial charge in [-0.2, -0.15) is 0 Å². The number of hydrogen-bond donors (Lipinski definition) is 1. The number of rotatable bonds is 2. The van der Waals surface area contributed by atoms with Crippen LogP contribution < -0.4 is 5.32 Å². The van der Waals surface area contributed by atoms with E-state index in [0.717, 1.165) is 36.6 Å². The quantitative estimate of drug-likeness (QED) is 0.896. The number of nitrogens with zero attached hydrogens (tertiary/aromatic N) is 2. The first-order chi connectivity index (χ1) is 9.34. The number of amides is 1. The molecule has 98 valence electrons. The van der Waals surface area contributed by atoms with Gasteiger partial charge in [0.05, 0.1) is 5.52 Å². The van der Waals surface area contributed by atoms with E-state index >= 15 is 0 Å². The first-order valence-corrected chi connectivity index (χ1v) is 6.85. The lowest BCUT2D eigenvalue weighted by Gasteiger charge is -2.20. The van der Waals surface area contributed by atoms with Crippen molar-refractivity contribution in [2.75, 3.05) is 5.32 Å². The van der Waals surface area contributed by atoms with Crippen LogP contribution in [-0.2, 0) is 4.79 Å². The summed E-state index contributed by atoms with van der Waals surface area (Å²) >= 11 is 0. The normalized spacial score (nSPS) is 16.4. The van der Waals surface area contributed by atoms with Crippen LogP contribution in [0.2, 0.25) is 0 Å². The summed E-state index contributed by atoms with van der Waals surface area (Å²) in [4.78, 5) is 20.6. The lowest BCUT2D eigenvalue weighted by Crippen LogP contribution is -2.25. The molecule has 0 atom stereocenters. The number of benzene rings is 1. The minimum atomic E-state index is 0.101. The molecule has 1 aliphatic carbocycles. The molecule has 1 aromatic carbocycles. The van der Waals surface area contributed by atoms with Crippen molar-refractivity contribution in [1.29, 1.82) is 0 Å². The summed E-state index contributed by atoms with van der Waals surface area (Å²) in [7, 11) is 0. The number of fused-ring (bicyclic) bond motifs is 1. The fourth-order valence-corrected chi connectivity index (χ4v) is 2.69. The van der Waals surface area contributed by atoms with Crippen molar-refractivity contribution >= 4 is 22.6 Å². The number of para-hydroxylation sites is 1. The van der Waals surface area contributed by atoms with Crippen LogP contribution in [0.4, 0.5) is 5.82 Å². The maximum absolute atomic E-state index is 12.2. The Bertz CT molecular complexity index is 585. The van der Waals surface area contributed by atoms with Gasteiger partial charge in [0.25, 0.3) is 0 Å². The molecular weight excluding hydrogens is 238 g/mol. The van der Waals surface area contributed by atoms with E-state index in [1.54, 1.807) is 0 Å². The van der Waals surface area contributed by atoms with Gasteiger partial charge < -0.3 is 5.32 Å². The smallest absolute Gasteiger partial charge is 0.228 e. The molecule has 1 heterocycles. The molecule has 0 radical (unpaired) electrons. The van der Waals surface area contributed by atoms with Crippen LogP contribution in [0.15, 0.2) is 30.6 Å². The van der Waals surface area contributed by atoms with E-state index in [0.29, 0.717) is 5.82 Å². The Balaban J connectivity index is 1.82. The predicted molar refractivity (Wildman–Crippen MR) is 74.7 cm³/mol. The van der Waals surface area contributed by atoms with Crippen LogP contribution >= 0.6 is 0 Å². The van der Waals surface area contributed by atoms with E-state index in [1.807, 2.05) is 24.3 Å². The third-order valence-electron chi connectivity index (χ3n) is 3.76. The minimum Gasteiger partial charge on any atom is -0.310 e. The fourth-order valence-electron chi connectivity index (χ4n) is 2.69. The molecular formula is C15H17N3O. The first kappa shape index (κ1) is 12.1. The molecule has 1 aliphatic rings. The molecule has 1 saturated carbocycles. The molecule has 0 spiro atoms. The van der Waals surface area contributed by atoms with Crippen molar-refractivity contribution in [3.63, 3.8) is 0 Å². The van der Waals surface area contributed by atoms with Gasteiger partial charge in [-0.15, -0.1) is 0 Å². The summed E-state index contributed by atoms with van der Waals surface area (Å²) < 4.78 is 0. The Labute approximate surface area is 112 Å². The van der Waals surface area contributed by atoms with E-state index in [2.05, 4.69) is 15.3 Å². The van der Waals surface area contributed by atoms with E-state index in [4.69, 9.17) is 0 Å². The summed E-state index contributed by atoms with van der Waals surface area (Å²) in [6, 6.07) is 7.73. The zero-order valence-corrected chi connectivity index (χ0v) is 10.8.